The fourth-order valence-electron chi connectivity index (χ4n) is 1.87. The lowest BCUT2D eigenvalue weighted by Crippen LogP contribution is -2.04. The number of nitro groups is 1. The van der Waals surface area contributed by atoms with Crippen LogP contribution < -0.4 is 0 Å². The van der Waals surface area contributed by atoms with Gasteiger partial charge in [-0.25, -0.2) is 0 Å². The zero-order valence-electron chi connectivity index (χ0n) is 10.1. The fourth-order valence-corrected chi connectivity index (χ4v) is 2.13. The third kappa shape index (κ3) is 2.43. The maximum atomic E-state index is 10.9. The van der Waals surface area contributed by atoms with Crippen LogP contribution in [0.4, 0.5) is 5.69 Å². The Kier molecular flexibility index (Phi) is 3.47. The van der Waals surface area contributed by atoms with Gasteiger partial charge in [0.25, 0.3) is 0 Å². The number of hydrogen-bond acceptors (Lipinski definition) is 3. The molecule has 1 heterocycles. The van der Waals surface area contributed by atoms with Crippen molar-refractivity contribution in [3.63, 3.8) is 0 Å². The van der Waals surface area contributed by atoms with Crippen LogP contribution >= 0.6 is 15.9 Å². The van der Waals surface area contributed by atoms with Crippen molar-refractivity contribution in [1.29, 1.82) is 0 Å². The summed E-state index contributed by atoms with van der Waals surface area (Å²) in [4.78, 5) is 10.5. The monoisotopic (exact) mass is 309 g/mol. The Hall–Kier alpha value is -1.69. The molecule has 0 N–H and O–H groups in total. The number of aryl methyl sites for hydroxylation is 1. The highest BCUT2D eigenvalue weighted by atomic mass is 79.9. The molecule has 0 aliphatic carbocycles. The molecule has 0 bridgehead atoms. The molecule has 0 radical (unpaired) electrons. The van der Waals surface area contributed by atoms with E-state index in [-0.39, 0.29) is 10.6 Å². The van der Waals surface area contributed by atoms with E-state index < -0.39 is 0 Å². The summed E-state index contributed by atoms with van der Waals surface area (Å²) in [6.07, 6.45) is 0. The summed E-state index contributed by atoms with van der Waals surface area (Å²) < 4.78 is 2.67. The lowest BCUT2D eigenvalue weighted by Gasteiger charge is -2.03. The minimum absolute atomic E-state index is 0.104. The molecule has 0 spiro atoms. The van der Waals surface area contributed by atoms with E-state index in [0.29, 0.717) is 17.9 Å². The smallest absolute Gasteiger partial charge is 0.258 e. The van der Waals surface area contributed by atoms with Gasteiger partial charge in [-0.3, -0.25) is 14.8 Å². The molecule has 0 atom stereocenters. The standard InChI is InChI=1S/C12H12BrN3O2/c1-8-12(16(17)18)9(2)15(14-8)7-10-3-5-11(13)6-4-10/h3-6H,7H2,1-2H3. The normalized spacial score (nSPS) is 10.6. The summed E-state index contributed by atoms with van der Waals surface area (Å²) >= 11 is 3.37. The number of aromatic nitrogens is 2. The number of rotatable bonds is 3. The topological polar surface area (TPSA) is 61.0 Å². The van der Waals surface area contributed by atoms with Crippen molar-refractivity contribution in [2.45, 2.75) is 20.4 Å². The van der Waals surface area contributed by atoms with Crippen molar-refractivity contribution in [2.24, 2.45) is 0 Å². The van der Waals surface area contributed by atoms with E-state index in [2.05, 4.69) is 21.0 Å². The van der Waals surface area contributed by atoms with Gasteiger partial charge in [-0.05, 0) is 31.5 Å². The van der Waals surface area contributed by atoms with Crippen LogP contribution in [0, 0.1) is 24.0 Å². The lowest BCUT2D eigenvalue weighted by atomic mass is 10.2. The summed E-state index contributed by atoms with van der Waals surface area (Å²) in [6.45, 7) is 3.91. The van der Waals surface area contributed by atoms with E-state index in [9.17, 15) is 10.1 Å². The second-order valence-corrected chi connectivity index (χ2v) is 4.98. The molecular weight excluding hydrogens is 298 g/mol. The van der Waals surface area contributed by atoms with Crippen LogP contribution in [0.3, 0.4) is 0 Å². The SMILES string of the molecule is Cc1nn(Cc2ccc(Br)cc2)c(C)c1[N+](=O)[O-]. The van der Waals surface area contributed by atoms with E-state index in [0.717, 1.165) is 10.0 Å². The Morgan fingerprint density at radius 2 is 1.94 bits per heavy atom. The third-order valence-corrected chi connectivity index (χ3v) is 3.30. The fraction of sp³-hybridized carbons (Fsp3) is 0.250. The van der Waals surface area contributed by atoms with E-state index in [1.165, 1.54) is 0 Å². The highest BCUT2D eigenvalue weighted by Crippen LogP contribution is 2.22. The second kappa shape index (κ2) is 4.89. The molecule has 2 rings (SSSR count). The van der Waals surface area contributed by atoms with Crippen LogP contribution in [0.1, 0.15) is 17.0 Å². The number of nitrogens with zero attached hydrogens (tertiary/aromatic N) is 3. The van der Waals surface area contributed by atoms with Crippen LogP contribution in [0.15, 0.2) is 28.7 Å². The van der Waals surface area contributed by atoms with Gasteiger partial charge in [-0.1, -0.05) is 28.1 Å². The Bertz CT molecular complexity index is 590. The molecule has 1 aromatic carbocycles. The maximum Gasteiger partial charge on any atom is 0.312 e. The molecular formula is C12H12BrN3O2. The summed E-state index contributed by atoms with van der Waals surface area (Å²) in [6, 6.07) is 7.81. The maximum absolute atomic E-state index is 10.9. The largest absolute Gasteiger partial charge is 0.312 e. The highest BCUT2D eigenvalue weighted by Gasteiger charge is 2.21. The molecule has 0 saturated heterocycles. The molecule has 0 aliphatic heterocycles. The summed E-state index contributed by atoms with van der Waals surface area (Å²) in [5.41, 5.74) is 2.20. The Balaban J connectivity index is 2.33. The first-order valence-corrected chi connectivity index (χ1v) is 6.21. The lowest BCUT2D eigenvalue weighted by molar-refractivity contribution is -0.386. The molecule has 0 fully saturated rings. The zero-order valence-corrected chi connectivity index (χ0v) is 11.6. The second-order valence-electron chi connectivity index (χ2n) is 4.06. The van der Waals surface area contributed by atoms with E-state index in [1.54, 1.807) is 18.5 Å². The van der Waals surface area contributed by atoms with Gasteiger partial charge in [-0.2, -0.15) is 5.10 Å². The minimum Gasteiger partial charge on any atom is -0.258 e. The average molecular weight is 310 g/mol. The molecule has 0 amide bonds. The van der Waals surface area contributed by atoms with Gasteiger partial charge in [0.15, 0.2) is 0 Å². The van der Waals surface area contributed by atoms with E-state index in [4.69, 9.17) is 0 Å². The number of benzene rings is 1. The Labute approximate surface area is 113 Å². The Morgan fingerprint density at radius 3 is 2.44 bits per heavy atom. The van der Waals surface area contributed by atoms with Gasteiger partial charge in [0.2, 0.25) is 0 Å². The molecule has 94 valence electrons. The molecule has 0 aliphatic rings. The predicted octanol–water partition coefficient (Wildman–Crippen LogP) is 3.22. The van der Waals surface area contributed by atoms with E-state index >= 15 is 0 Å². The van der Waals surface area contributed by atoms with Crippen molar-refractivity contribution in [1.82, 2.24) is 9.78 Å². The van der Waals surface area contributed by atoms with Gasteiger partial charge < -0.3 is 0 Å². The van der Waals surface area contributed by atoms with Crippen LogP contribution in [0.25, 0.3) is 0 Å². The summed E-state index contributed by atoms with van der Waals surface area (Å²) in [5, 5.41) is 15.1. The average Bonchev–Trinajstić information content (AvgIpc) is 2.57. The minimum atomic E-state index is -0.379. The van der Waals surface area contributed by atoms with Crippen LogP contribution in [-0.4, -0.2) is 14.7 Å². The molecule has 5 nitrogen and oxygen atoms in total. The molecule has 0 unspecified atom stereocenters. The van der Waals surface area contributed by atoms with Crippen molar-refractivity contribution in [3.05, 3.63) is 55.8 Å². The summed E-state index contributed by atoms with van der Waals surface area (Å²) in [5.74, 6) is 0. The molecule has 2 aromatic rings. The first-order chi connectivity index (χ1) is 8.49. The van der Waals surface area contributed by atoms with Crippen molar-refractivity contribution < 1.29 is 4.92 Å². The van der Waals surface area contributed by atoms with Gasteiger partial charge in [0, 0.05) is 4.47 Å². The van der Waals surface area contributed by atoms with E-state index in [1.807, 2.05) is 24.3 Å². The molecule has 0 saturated carbocycles. The predicted molar refractivity (Wildman–Crippen MR) is 71.6 cm³/mol. The number of hydrogen-bond donors (Lipinski definition) is 0. The van der Waals surface area contributed by atoms with Crippen molar-refractivity contribution in [3.8, 4) is 0 Å². The van der Waals surface area contributed by atoms with Gasteiger partial charge in [0.05, 0.1) is 11.5 Å². The third-order valence-electron chi connectivity index (χ3n) is 2.77. The van der Waals surface area contributed by atoms with Crippen molar-refractivity contribution in [2.75, 3.05) is 0 Å². The highest BCUT2D eigenvalue weighted by molar-refractivity contribution is 9.10. The molecule has 18 heavy (non-hydrogen) atoms. The first kappa shape index (κ1) is 12.8. The van der Waals surface area contributed by atoms with Gasteiger partial charge in [-0.15, -0.1) is 0 Å². The quantitative estimate of drug-likeness (QED) is 0.646. The summed E-state index contributed by atoms with van der Waals surface area (Å²) in [7, 11) is 0. The Morgan fingerprint density at radius 1 is 1.33 bits per heavy atom. The van der Waals surface area contributed by atoms with Gasteiger partial charge >= 0.3 is 5.69 Å². The molecule has 1 aromatic heterocycles. The first-order valence-electron chi connectivity index (χ1n) is 5.42. The number of halogens is 1. The molecule has 6 heteroatoms. The van der Waals surface area contributed by atoms with Crippen LogP contribution in [-0.2, 0) is 6.54 Å². The van der Waals surface area contributed by atoms with Crippen LogP contribution in [0.2, 0.25) is 0 Å². The zero-order chi connectivity index (χ0) is 13.3. The van der Waals surface area contributed by atoms with Crippen LogP contribution in [0.5, 0.6) is 0 Å². The van der Waals surface area contributed by atoms with Crippen molar-refractivity contribution >= 4 is 21.6 Å². The van der Waals surface area contributed by atoms with Gasteiger partial charge in [0.1, 0.15) is 11.4 Å².